The Labute approximate surface area is 83.7 Å². The van der Waals surface area contributed by atoms with Gasteiger partial charge in [0.2, 0.25) is 0 Å². The van der Waals surface area contributed by atoms with Gasteiger partial charge in [0.05, 0.1) is 17.7 Å². The molecule has 1 aromatic carbocycles. The Hall–Kier alpha value is -0.920. The number of alkyl halides is 1. The van der Waals surface area contributed by atoms with Gasteiger partial charge in [0.1, 0.15) is 5.82 Å². The maximum atomic E-state index is 12.8. The van der Waals surface area contributed by atoms with Crippen LogP contribution in [0.2, 0.25) is 0 Å². The van der Waals surface area contributed by atoms with Crippen molar-refractivity contribution in [3.63, 3.8) is 0 Å². The minimum atomic E-state index is -0.775. The van der Waals surface area contributed by atoms with Gasteiger partial charge in [-0.25, -0.2) is 4.39 Å². The molecule has 0 aliphatic heterocycles. The summed E-state index contributed by atoms with van der Waals surface area (Å²) in [7, 11) is 0. The molecule has 0 spiro atoms. The minimum absolute atomic E-state index is 0.218. The zero-order valence-corrected chi connectivity index (χ0v) is 8.25. The molecular formula is C9H7BrFNO. The molecule has 0 saturated carbocycles. The second-order valence-corrected chi connectivity index (χ2v) is 3.20. The van der Waals surface area contributed by atoms with E-state index in [1.807, 2.05) is 6.07 Å². The molecule has 0 amide bonds. The molecule has 0 bridgehead atoms. The lowest BCUT2D eigenvalue weighted by Crippen LogP contribution is -1.99. The number of aliphatic hydroxyl groups excluding tert-OH is 1. The van der Waals surface area contributed by atoms with Crippen LogP contribution < -0.4 is 0 Å². The molecule has 4 heteroatoms. The molecule has 68 valence electrons. The van der Waals surface area contributed by atoms with E-state index >= 15 is 0 Å². The summed E-state index contributed by atoms with van der Waals surface area (Å²) < 4.78 is 12.8. The fourth-order valence-corrected chi connectivity index (χ4v) is 1.33. The Balaban J connectivity index is 3.10. The number of hydrogen-bond donors (Lipinski definition) is 1. The van der Waals surface area contributed by atoms with Crippen LogP contribution in [-0.4, -0.2) is 10.4 Å². The van der Waals surface area contributed by atoms with Gasteiger partial charge in [-0.3, -0.25) is 0 Å². The maximum absolute atomic E-state index is 12.8. The van der Waals surface area contributed by atoms with Crippen LogP contribution in [0.4, 0.5) is 4.39 Å². The van der Waals surface area contributed by atoms with Crippen LogP contribution in [0.15, 0.2) is 18.2 Å². The number of nitriles is 1. The van der Waals surface area contributed by atoms with Crippen LogP contribution in [0.25, 0.3) is 0 Å². The van der Waals surface area contributed by atoms with Gasteiger partial charge in [0, 0.05) is 5.33 Å². The molecule has 0 radical (unpaired) electrons. The molecule has 1 atom stereocenters. The molecule has 0 saturated heterocycles. The molecule has 13 heavy (non-hydrogen) atoms. The van der Waals surface area contributed by atoms with Gasteiger partial charge in [-0.2, -0.15) is 5.26 Å². The molecule has 2 nitrogen and oxygen atoms in total. The van der Waals surface area contributed by atoms with Gasteiger partial charge in [0.25, 0.3) is 0 Å². The number of halogens is 2. The molecule has 0 aromatic heterocycles. The summed E-state index contributed by atoms with van der Waals surface area (Å²) in [5.74, 6) is -0.506. The fraction of sp³-hybridized carbons (Fsp3) is 0.222. The van der Waals surface area contributed by atoms with Gasteiger partial charge < -0.3 is 5.11 Å². The second kappa shape index (κ2) is 4.35. The zero-order valence-electron chi connectivity index (χ0n) is 6.67. The Morgan fingerprint density at radius 1 is 1.54 bits per heavy atom. The molecule has 1 N–H and O–H groups in total. The summed E-state index contributed by atoms with van der Waals surface area (Å²) in [6.45, 7) is 0. The average Bonchev–Trinajstić information content (AvgIpc) is 2.15. The third kappa shape index (κ3) is 2.51. The molecule has 0 aliphatic carbocycles. The molecule has 1 rings (SSSR count). The molecule has 1 aromatic rings. The van der Waals surface area contributed by atoms with E-state index in [9.17, 15) is 9.50 Å². The standard InChI is InChI=1S/C9H7BrFNO/c10-4-9(13)7-1-6(5-12)2-8(11)3-7/h1-3,9,13H,4H2. The van der Waals surface area contributed by atoms with Crippen molar-refractivity contribution in [3.05, 3.63) is 35.1 Å². The number of benzene rings is 1. The van der Waals surface area contributed by atoms with E-state index in [4.69, 9.17) is 5.26 Å². The summed E-state index contributed by atoms with van der Waals surface area (Å²) in [6.07, 6.45) is -0.775. The average molecular weight is 244 g/mol. The normalized spacial score (nSPS) is 12.2. The quantitative estimate of drug-likeness (QED) is 0.810. The molecule has 1 unspecified atom stereocenters. The lowest BCUT2D eigenvalue weighted by Gasteiger charge is -2.07. The van der Waals surface area contributed by atoms with Crippen molar-refractivity contribution in [1.29, 1.82) is 5.26 Å². The van der Waals surface area contributed by atoms with Gasteiger partial charge in [0.15, 0.2) is 0 Å². The highest BCUT2D eigenvalue weighted by atomic mass is 79.9. The van der Waals surface area contributed by atoms with Crippen LogP contribution in [0.5, 0.6) is 0 Å². The highest BCUT2D eigenvalue weighted by Gasteiger charge is 2.08. The number of nitrogens with zero attached hydrogens (tertiary/aromatic N) is 1. The lowest BCUT2D eigenvalue weighted by atomic mass is 10.1. The van der Waals surface area contributed by atoms with Gasteiger partial charge in [-0.15, -0.1) is 0 Å². The van der Waals surface area contributed by atoms with Gasteiger partial charge >= 0.3 is 0 Å². The number of rotatable bonds is 2. The van der Waals surface area contributed by atoms with E-state index in [0.717, 1.165) is 6.07 Å². The first-order valence-electron chi connectivity index (χ1n) is 3.62. The zero-order chi connectivity index (χ0) is 9.84. The largest absolute Gasteiger partial charge is 0.388 e. The van der Waals surface area contributed by atoms with Crippen LogP contribution in [-0.2, 0) is 0 Å². The lowest BCUT2D eigenvalue weighted by molar-refractivity contribution is 0.205. The fourth-order valence-electron chi connectivity index (χ4n) is 0.958. The molecule has 0 fully saturated rings. The van der Waals surface area contributed by atoms with Crippen molar-refractivity contribution < 1.29 is 9.50 Å². The van der Waals surface area contributed by atoms with Crippen molar-refractivity contribution in [3.8, 4) is 6.07 Å². The summed E-state index contributed by atoms with van der Waals surface area (Å²) >= 11 is 3.07. The third-order valence-electron chi connectivity index (χ3n) is 1.58. The first-order chi connectivity index (χ1) is 6.17. The second-order valence-electron chi connectivity index (χ2n) is 2.56. The highest BCUT2D eigenvalue weighted by Crippen LogP contribution is 2.17. The Bertz CT molecular complexity index is 348. The predicted octanol–water partition coefficient (Wildman–Crippen LogP) is 2.13. The van der Waals surface area contributed by atoms with Crippen molar-refractivity contribution in [2.75, 3.05) is 5.33 Å². The number of aliphatic hydroxyl groups is 1. The smallest absolute Gasteiger partial charge is 0.124 e. The summed E-state index contributed by atoms with van der Waals surface area (Å²) in [5, 5.41) is 18.2. The minimum Gasteiger partial charge on any atom is -0.388 e. The van der Waals surface area contributed by atoms with E-state index in [1.54, 1.807) is 0 Å². The predicted molar refractivity (Wildman–Crippen MR) is 49.9 cm³/mol. The molecule has 0 heterocycles. The monoisotopic (exact) mass is 243 g/mol. The Morgan fingerprint density at radius 3 is 2.77 bits per heavy atom. The van der Waals surface area contributed by atoms with E-state index in [2.05, 4.69) is 15.9 Å². The van der Waals surface area contributed by atoms with Crippen molar-refractivity contribution >= 4 is 15.9 Å². The van der Waals surface area contributed by atoms with Crippen LogP contribution in [0.3, 0.4) is 0 Å². The van der Waals surface area contributed by atoms with Crippen LogP contribution in [0.1, 0.15) is 17.2 Å². The highest BCUT2D eigenvalue weighted by molar-refractivity contribution is 9.09. The van der Waals surface area contributed by atoms with E-state index < -0.39 is 11.9 Å². The van der Waals surface area contributed by atoms with Gasteiger partial charge in [-0.05, 0) is 23.8 Å². The van der Waals surface area contributed by atoms with E-state index in [0.29, 0.717) is 10.9 Å². The maximum Gasteiger partial charge on any atom is 0.124 e. The first-order valence-corrected chi connectivity index (χ1v) is 4.74. The molecular weight excluding hydrogens is 237 g/mol. The topological polar surface area (TPSA) is 44.0 Å². The van der Waals surface area contributed by atoms with E-state index in [-0.39, 0.29) is 5.56 Å². The van der Waals surface area contributed by atoms with E-state index in [1.165, 1.54) is 12.1 Å². The Morgan fingerprint density at radius 2 is 2.23 bits per heavy atom. The van der Waals surface area contributed by atoms with Crippen LogP contribution in [0, 0.1) is 17.1 Å². The number of hydrogen-bond acceptors (Lipinski definition) is 2. The summed E-state index contributed by atoms with van der Waals surface area (Å²) in [5.41, 5.74) is 0.628. The van der Waals surface area contributed by atoms with Gasteiger partial charge in [-0.1, -0.05) is 15.9 Å². The molecule has 0 aliphatic rings. The summed E-state index contributed by atoms with van der Waals surface area (Å²) in [4.78, 5) is 0. The van der Waals surface area contributed by atoms with Crippen molar-refractivity contribution in [2.45, 2.75) is 6.10 Å². The SMILES string of the molecule is N#Cc1cc(F)cc(C(O)CBr)c1. The van der Waals surface area contributed by atoms with Crippen molar-refractivity contribution in [1.82, 2.24) is 0 Å². The first kappa shape index (κ1) is 10.2. The summed E-state index contributed by atoms with van der Waals surface area (Å²) in [6, 6.07) is 5.63. The third-order valence-corrected chi connectivity index (χ3v) is 2.19. The van der Waals surface area contributed by atoms with Crippen molar-refractivity contribution in [2.24, 2.45) is 0 Å². The Kier molecular flexibility index (Phi) is 3.40. The van der Waals surface area contributed by atoms with Crippen LogP contribution >= 0.6 is 15.9 Å².